The van der Waals surface area contributed by atoms with Crippen LogP contribution in [-0.2, 0) is 14.4 Å². The first-order chi connectivity index (χ1) is 14.1. The lowest BCUT2D eigenvalue weighted by atomic mass is 9.55. The van der Waals surface area contributed by atoms with Crippen molar-refractivity contribution in [3.63, 3.8) is 0 Å². The standard InChI is InChI=1S/C24H23NO4/c1-2-3-12-17(24(28)29)25-22(26)20-18-13-8-4-5-9-14(13)19(21(20)23(25)27)16-11-7-6-10-15(16)18/h4-11,17-21H,2-3,12H2,1H3,(H,28,29)/t17-,18?,19?,20-,21-/m1/s1. The topological polar surface area (TPSA) is 74.7 Å². The minimum atomic E-state index is -1.10. The Morgan fingerprint density at radius 3 is 1.66 bits per heavy atom. The number of benzene rings is 2. The molecule has 1 heterocycles. The minimum absolute atomic E-state index is 0.195. The summed E-state index contributed by atoms with van der Waals surface area (Å²) in [5, 5.41) is 9.78. The van der Waals surface area contributed by atoms with Crippen molar-refractivity contribution in [2.24, 2.45) is 11.8 Å². The second kappa shape index (κ2) is 6.55. The highest BCUT2D eigenvalue weighted by Gasteiger charge is 2.62. The van der Waals surface area contributed by atoms with Gasteiger partial charge >= 0.3 is 5.97 Å². The van der Waals surface area contributed by atoms with Gasteiger partial charge in [-0.05, 0) is 28.7 Å². The molecule has 0 unspecified atom stereocenters. The molecule has 29 heavy (non-hydrogen) atoms. The van der Waals surface area contributed by atoms with Gasteiger partial charge < -0.3 is 5.11 Å². The Balaban J connectivity index is 1.65. The molecule has 2 aromatic rings. The van der Waals surface area contributed by atoms with Crippen LogP contribution in [0.15, 0.2) is 48.5 Å². The van der Waals surface area contributed by atoms with Gasteiger partial charge in [0.2, 0.25) is 11.8 Å². The van der Waals surface area contributed by atoms with Crippen LogP contribution in [0.4, 0.5) is 0 Å². The van der Waals surface area contributed by atoms with Crippen LogP contribution in [0.2, 0.25) is 0 Å². The highest BCUT2D eigenvalue weighted by molar-refractivity contribution is 6.09. The van der Waals surface area contributed by atoms with Crippen molar-refractivity contribution >= 4 is 17.8 Å². The molecular weight excluding hydrogens is 366 g/mol. The molecule has 1 fully saturated rings. The first kappa shape index (κ1) is 18.1. The predicted octanol–water partition coefficient (Wildman–Crippen LogP) is 3.52. The molecule has 0 aromatic heterocycles. The minimum Gasteiger partial charge on any atom is -0.480 e. The molecule has 3 atom stereocenters. The smallest absolute Gasteiger partial charge is 0.326 e. The van der Waals surface area contributed by atoms with E-state index < -0.39 is 23.8 Å². The van der Waals surface area contributed by atoms with E-state index in [1.54, 1.807) is 0 Å². The van der Waals surface area contributed by atoms with Crippen LogP contribution < -0.4 is 0 Å². The molecule has 1 saturated heterocycles. The van der Waals surface area contributed by atoms with Gasteiger partial charge in [0.25, 0.3) is 0 Å². The van der Waals surface area contributed by atoms with Crippen molar-refractivity contribution < 1.29 is 19.5 Å². The number of likely N-dealkylation sites (tertiary alicyclic amines) is 1. The van der Waals surface area contributed by atoms with Crippen LogP contribution in [-0.4, -0.2) is 33.8 Å². The number of hydrogen-bond acceptors (Lipinski definition) is 3. The summed E-state index contributed by atoms with van der Waals surface area (Å²) >= 11 is 0. The molecule has 5 heteroatoms. The fraction of sp³-hybridized carbons (Fsp3) is 0.375. The number of carbonyl (C=O) groups is 3. The fourth-order valence-corrected chi connectivity index (χ4v) is 5.77. The molecule has 148 valence electrons. The summed E-state index contributed by atoms with van der Waals surface area (Å²) < 4.78 is 0. The number of unbranched alkanes of at least 4 members (excludes halogenated alkanes) is 1. The van der Waals surface area contributed by atoms with Crippen LogP contribution in [0, 0.1) is 11.8 Å². The normalized spacial score (nSPS) is 27.4. The number of aliphatic carboxylic acids is 1. The second-order valence-corrected chi connectivity index (χ2v) is 8.31. The quantitative estimate of drug-likeness (QED) is 0.794. The maximum absolute atomic E-state index is 13.5. The lowest BCUT2D eigenvalue weighted by molar-refractivity contribution is -0.155. The maximum atomic E-state index is 13.5. The molecule has 2 aromatic carbocycles. The summed E-state index contributed by atoms with van der Waals surface area (Å²) in [6, 6.07) is 15.0. The monoisotopic (exact) mass is 389 g/mol. The van der Waals surface area contributed by atoms with E-state index in [2.05, 4.69) is 0 Å². The average Bonchev–Trinajstić information content (AvgIpc) is 3.00. The van der Waals surface area contributed by atoms with Crippen LogP contribution in [0.5, 0.6) is 0 Å². The first-order valence-electron chi connectivity index (χ1n) is 10.3. The van der Waals surface area contributed by atoms with Gasteiger partial charge in [0.15, 0.2) is 0 Å². The third-order valence-corrected chi connectivity index (χ3v) is 6.91. The molecule has 6 rings (SSSR count). The van der Waals surface area contributed by atoms with Crippen LogP contribution >= 0.6 is 0 Å². The summed E-state index contributed by atoms with van der Waals surface area (Å²) in [5.74, 6) is -3.15. The van der Waals surface area contributed by atoms with Crippen molar-refractivity contribution in [3.8, 4) is 0 Å². The molecule has 3 aliphatic carbocycles. The maximum Gasteiger partial charge on any atom is 0.326 e. The van der Waals surface area contributed by atoms with Gasteiger partial charge in [-0.25, -0.2) is 4.79 Å². The number of amides is 2. The van der Waals surface area contributed by atoms with Gasteiger partial charge in [-0.2, -0.15) is 0 Å². The van der Waals surface area contributed by atoms with E-state index in [1.807, 2.05) is 55.5 Å². The van der Waals surface area contributed by atoms with E-state index in [1.165, 1.54) is 0 Å². The molecular formula is C24H23NO4. The Morgan fingerprint density at radius 1 is 0.897 bits per heavy atom. The third-order valence-electron chi connectivity index (χ3n) is 6.91. The van der Waals surface area contributed by atoms with E-state index in [9.17, 15) is 19.5 Å². The lowest BCUT2D eigenvalue weighted by Gasteiger charge is -2.45. The van der Waals surface area contributed by atoms with Crippen molar-refractivity contribution in [1.29, 1.82) is 0 Å². The molecule has 2 amide bonds. The van der Waals surface area contributed by atoms with Crippen molar-refractivity contribution in [2.45, 2.75) is 44.1 Å². The van der Waals surface area contributed by atoms with Crippen LogP contribution in [0.3, 0.4) is 0 Å². The highest BCUT2D eigenvalue weighted by Crippen LogP contribution is 2.61. The van der Waals surface area contributed by atoms with Crippen LogP contribution in [0.25, 0.3) is 0 Å². The highest BCUT2D eigenvalue weighted by atomic mass is 16.4. The summed E-state index contributed by atoms with van der Waals surface area (Å²) in [4.78, 5) is 40.1. The van der Waals surface area contributed by atoms with Crippen LogP contribution in [0.1, 0.15) is 60.3 Å². The summed E-state index contributed by atoms with van der Waals surface area (Å²) in [6.07, 6.45) is 1.78. The van der Waals surface area contributed by atoms with Gasteiger partial charge in [0.05, 0.1) is 11.8 Å². The molecule has 0 spiro atoms. The zero-order valence-electron chi connectivity index (χ0n) is 16.2. The zero-order chi connectivity index (χ0) is 20.3. The van der Waals surface area contributed by atoms with E-state index in [4.69, 9.17) is 0 Å². The first-order valence-corrected chi connectivity index (χ1v) is 10.3. The fourth-order valence-electron chi connectivity index (χ4n) is 5.77. The van der Waals surface area contributed by atoms with Gasteiger partial charge in [-0.1, -0.05) is 68.3 Å². The summed E-state index contributed by atoms with van der Waals surface area (Å²) in [6.45, 7) is 1.97. The number of nitrogens with zero attached hydrogens (tertiary/aromatic N) is 1. The van der Waals surface area contributed by atoms with Crippen molar-refractivity contribution in [3.05, 3.63) is 70.8 Å². The Labute approximate surface area is 169 Å². The van der Waals surface area contributed by atoms with Gasteiger partial charge in [-0.15, -0.1) is 0 Å². The summed E-state index contributed by atoms with van der Waals surface area (Å²) in [5.41, 5.74) is 4.39. The zero-order valence-corrected chi connectivity index (χ0v) is 16.2. The average molecular weight is 389 g/mol. The predicted molar refractivity (Wildman–Crippen MR) is 106 cm³/mol. The Kier molecular flexibility index (Phi) is 4.09. The lowest BCUT2D eigenvalue weighted by Crippen LogP contribution is -2.45. The largest absolute Gasteiger partial charge is 0.480 e. The van der Waals surface area contributed by atoms with Gasteiger partial charge in [0.1, 0.15) is 6.04 Å². The van der Waals surface area contributed by atoms with E-state index >= 15 is 0 Å². The molecule has 2 bridgehead atoms. The number of hydrogen-bond donors (Lipinski definition) is 1. The molecule has 0 radical (unpaired) electrons. The number of imide groups is 1. The Morgan fingerprint density at radius 2 is 1.31 bits per heavy atom. The Hall–Kier alpha value is -2.95. The third kappa shape index (κ3) is 2.36. The van der Waals surface area contributed by atoms with E-state index in [0.29, 0.717) is 12.8 Å². The summed E-state index contributed by atoms with van der Waals surface area (Å²) in [7, 11) is 0. The van der Waals surface area contributed by atoms with Gasteiger partial charge in [-0.3, -0.25) is 14.5 Å². The second-order valence-electron chi connectivity index (χ2n) is 8.31. The molecule has 1 N–H and O–H groups in total. The number of carboxylic acids is 1. The number of carboxylic acid groups (broad SMARTS) is 1. The molecule has 1 aliphatic heterocycles. The van der Waals surface area contributed by atoms with E-state index in [-0.39, 0.29) is 23.7 Å². The SMILES string of the molecule is CCCC[C@H](C(=O)O)N1C(=O)[C@@H]2C3c4ccccc4C(c4ccccc43)[C@H]2C1=O. The van der Waals surface area contributed by atoms with Crippen molar-refractivity contribution in [2.75, 3.05) is 0 Å². The molecule has 5 nitrogen and oxygen atoms in total. The van der Waals surface area contributed by atoms with Gasteiger partial charge in [0, 0.05) is 11.8 Å². The molecule has 4 aliphatic rings. The Bertz CT molecular complexity index is 914. The van der Waals surface area contributed by atoms with E-state index in [0.717, 1.165) is 33.6 Å². The number of rotatable bonds is 5. The van der Waals surface area contributed by atoms with Crippen molar-refractivity contribution in [1.82, 2.24) is 4.90 Å². The molecule has 0 saturated carbocycles. The number of carbonyl (C=O) groups excluding carboxylic acids is 2.